The SMILES string of the molecule is OCC1CCN(c2ccc(CNc3ccc4c(Cl)ccnc4c3F)cc2)CC1. The van der Waals surface area contributed by atoms with E-state index in [1.165, 1.54) is 11.9 Å². The highest BCUT2D eigenvalue weighted by Gasteiger charge is 2.18. The highest BCUT2D eigenvalue weighted by Crippen LogP contribution is 2.28. The number of halogens is 2. The van der Waals surface area contributed by atoms with Crippen molar-refractivity contribution in [2.45, 2.75) is 19.4 Å². The number of aliphatic hydroxyl groups is 1. The number of anilines is 2. The summed E-state index contributed by atoms with van der Waals surface area (Å²) in [6.07, 6.45) is 3.57. The molecule has 2 heterocycles. The average Bonchev–Trinajstić information content (AvgIpc) is 2.74. The molecule has 4 nitrogen and oxygen atoms in total. The van der Waals surface area contributed by atoms with Crippen molar-refractivity contribution in [2.24, 2.45) is 5.92 Å². The summed E-state index contributed by atoms with van der Waals surface area (Å²) in [7, 11) is 0. The van der Waals surface area contributed by atoms with E-state index in [9.17, 15) is 9.50 Å². The van der Waals surface area contributed by atoms with Gasteiger partial charge in [0.15, 0.2) is 5.82 Å². The lowest BCUT2D eigenvalue weighted by Crippen LogP contribution is -2.34. The summed E-state index contributed by atoms with van der Waals surface area (Å²) < 4.78 is 14.7. The van der Waals surface area contributed by atoms with Gasteiger partial charge < -0.3 is 15.3 Å². The standard InChI is InChI=1S/C22H23ClFN3O/c23-19-7-10-25-22-18(19)5-6-20(21(22)24)26-13-15-1-3-17(4-2-15)27-11-8-16(14-28)9-12-27/h1-7,10,16,26,28H,8-9,11-14H2. The molecule has 0 unspecified atom stereocenters. The summed E-state index contributed by atoms with van der Waals surface area (Å²) in [5.74, 6) is 0.0457. The Hall–Kier alpha value is -2.37. The molecule has 1 aromatic heterocycles. The molecule has 3 aromatic rings. The zero-order chi connectivity index (χ0) is 19.5. The first-order valence-electron chi connectivity index (χ1n) is 9.57. The van der Waals surface area contributed by atoms with Crippen molar-refractivity contribution in [1.29, 1.82) is 0 Å². The van der Waals surface area contributed by atoms with Crippen LogP contribution in [0.2, 0.25) is 5.02 Å². The molecule has 0 spiro atoms. The molecular formula is C22H23ClFN3O. The molecule has 4 rings (SSSR count). The lowest BCUT2D eigenvalue weighted by molar-refractivity contribution is 0.203. The Balaban J connectivity index is 1.42. The maximum Gasteiger partial charge on any atom is 0.172 e. The van der Waals surface area contributed by atoms with Crippen molar-refractivity contribution in [3.05, 3.63) is 65.1 Å². The van der Waals surface area contributed by atoms with Crippen LogP contribution in [-0.4, -0.2) is 29.8 Å². The van der Waals surface area contributed by atoms with Crippen LogP contribution in [-0.2, 0) is 6.54 Å². The lowest BCUT2D eigenvalue weighted by atomic mass is 9.97. The van der Waals surface area contributed by atoms with Gasteiger partial charge in [0.1, 0.15) is 5.52 Å². The van der Waals surface area contributed by atoms with Crippen LogP contribution in [0.1, 0.15) is 18.4 Å². The lowest BCUT2D eigenvalue weighted by Gasteiger charge is -2.33. The third-order valence-corrected chi connectivity index (χ3v) is 5.78. The Morgan fingerprint density at radius 2 is 1.86 bits per heavy atom. The van der Waals surface area contributed by atoms with Gasteiger partial charge in [-0.15, -0.1) is 0 Å². The monoisotopic (exact) mass is 399 g/mol. The number of pyridine rings is 1. The molecule has 0 radical (unpaired) electrons. The van der Waals surface area contributed by atoms with E-state index in [1.807, 2.05) is 0 Å². The summed E-state index contributed by atoms with van der Waals surface area (Å²) >= 11 is 6.11. The van der Waals surface area contributed by atoms with Crippen LogP contribution in [0.3, 0.4) is 0 Å². The van der Waals surface area contributed by atoms with E-state index in [0.29, 0.717) is 28.6 Å². The second kappa shape index (κ2) is 8.33. The molecule has 146 valence electrons. The maximum atomic E-state index is 14.7. The topological polar surface area (TPSA) is 48.4 Å². The molecule has 1 saturated heterocycles. The number of fused-ring (bicyclic) bond motifs is 1. The van der Waals surface area contributed by atoms with Crippen molar-refractivity contribution in [3.8, 4) is 0 Å². The van der Waals surface area contributed by atoms with Crippen molar-refractivity contribution in [3.63, 3.8) is 0 Å². The van der Waals surface area contributed by atoms with Gasteiger partial charge in [-0.2, -0.15) is 0 Å². The molecule has 1 aliphatic heterocycles. The van der Waals surface area contributed by atoms with E-state index in [-0.39, 0.29) is 17.9 Å². The van der Waals surface area contributed by atoms with Gasteiger partial charge in [0.2, 0.25) is 0 Å². The smallest absolute Gasteiger partial charge is 0.172 e. The van der Waals surface area contributed by atoms with Crippen molar-refractivity contribution >= 4 is 33.9 Å². The molecule has 0 atom stereocenters. The summed E-state index contributed by atoms with van der Waals surface area (Å²) in [4.78, 5) is 6.46. The molecule has 2 aromatic carbocycles. The van der Waals surface area contributed by atoms with Crippen molar-refractivity contribution in [2.75, 3.05) is 29.9 Å². The van der Waals surface area contributed by atoms with E-state index >= 15 is 0 Å². The van der Waals surface area contributed by atoms with E-state index in [1.54, 1.807) is 18.2 Å². The number of hydrogen-bond donors (Lipinski definition) is 2. The van der Waals surface area contributed by atoms with Crippen LogP contribution in [0, 0.1) is 11.7 Å². The third-order valence-electron chi connectivity index (χ3n) is 5.46. The molecule has 1 fully saturated rings. The highest BCUT2D eigenvalue weighted by atomic mass is 35.5. The van der Waals surface area contributed by atoms with Gasteiger partial charge in [-0.3, -0.25) is 4.98 Å². The number of hydrogen-bond acceptors (Lipinski definition) is 4. The number of nitrogens with one attached hydrogen (secondary N) is 1. The fourth-order valence-electron chi connectivity index (χ4n) is 3.68. The number of aromatic nitrogens is 1. The highest BCUT2D eigenvalue weighted by molar-refractivity contribution is 6.35. The largest absolute Gasteiger partial charge is 0.396 e. The summed E-state index contributed by atoms with van der Waals surface area (Å²) in [5, 5.41) is 13.5. The molecule has 28 heavy (non-hydrogen) atoms. The number of piperidine rings is 1. The van der Waals surface area contributed by atoms with E-state index in [4.69, 9.17) is 11.6 Å². The normalized spacial score (nSPS) is 15.2. The van der Waals surface area contributed by atoms with Gasteiger partial charge in [-0.05, 0) is 54.7 Å². The van der Waals surface area contributed by atoms with E-state index in [0.717, 1.165) is 31.5 Å². The minimum atomic E-state index is -0.386. The van der Waals surface area contributed by atoms with Crippen molar-refractivity contribution < 1.29 is 9.50 Å². The second-order valence-corrected chi connectivity index (χ2v) is 7.66. The van der Waals surface area contributed by atoms with Crippen LogP contribution in [0.15, 0.2) is 48.7 Å². The van der Waals surface area contributed by atoms with Crippen LogP contribution in [0.25, 0.3) is 10.9 Å². The minimum Gasteiger partial charge on any atom is -0.396 e. The zero-order valence-corrected chi connectivity index (χ0v) is 16.3. The molecule has 1 aliphatic rings. The first kappa shape index (κ1) is 19.0. The first-order valence-corrected chi connectivity index (χ1v) is 9.95. The minimum absolute atomic E-state index is 0.277. The van der Waals surface area contributed by atoms with Gasteiger partial charge in [0, 0.05) is 43.5 Å². The fourth-order valence-corrected chi connectivity index (χ4v) is 3.89. The predicted octanol–water partition coefficient (Wildman–Crippen LogP) is 4.85. The van der Waals surface area contributed by atoms with Gasteiger partial charge in [0.05, 0.1) is 10.7 Å². The Bertz CT molecular complexity index is 956. The Morgan fingerprint density at radius 3 is 2.57 bits per heavy atom. The number of benzene rings is 2. The molecule has 6 heteroatoms. The maximum absolute atomic E-state index is 14.7. The number of aliphatic hydroxyl groups excluding tert-OH is 1. The average molecular weight is 400 g/mol. The molecule has 0 aliphatic carbocycles. The Labute approximate surface area is 169 Å². The summed E-state index contributed by atoms with van der Waals surface area (Å²) in [6, 6.07) is 13.5. The van der Waals surface area contributed by atoms with Crippen LogP contribution >= 0.6 is 11.6 Å². The molecule has 2 N–H and O–H groups in total. The molecule has 0 amide bonds. The van der Waals surface area contributed by atoms with Gasteiger partial charge in [-0.1, -0.05) is 23.7 Å². The van der Waals surface area contributed by atoms with E-state index in [2.05, 4.69) is 39.5 Å². The van der Waals surface area contributed by atoms with Crippen molar-refractivity contribution in [1.82, 2.24) is 4.98 Å². The summed E-state index contributed by atoms with van der Waals surface area (Å²) in [6.45, 7) is 2.75. The molecule has 0 bridgehead atoms. The summed E-state index contributed by atoms with van der Waals surface area (Å²) in [5.41, 5.74) is 2.96. The number of rotatable bonds is 5. The third kappa shape index (κ3) is 3.91. The van der Waals surface area contributed by atoms with Gasteiger partial charge in [0.25, 0.3) is 0 Å². The fraction of sp³-hybridized carbons (Fsp3) is 0.318. The van der Waals surface area contributed by atoms with Crippen LogP contribution in [0.4, 0.5) is 15.8 Å². The molecular weight excluding hydrogens is 377 g/mol. The quantitative estimate of drug-likeness (QED) is 0.644. The second-order valence-electron chi connectivity index (χ2n) is 7.25. The van der Waals surface area contributed by atoms with Crippen LogP contribution in [0.5, 0.6) is 0 Å². The van der Waals surface area contributed by atoms with E-state index < -0.39 is 0 Å². The predicted molar refractivity (Wildman–Crippen MR) is 113 cm³/mol. The molecule has 0 saturated carbocycles. The van der Waals surface area contributed by atoms with Crippen LogP contribution < -0.4 is 10.2 Å². The zero-order valence-electron chi connectivity index (χ0n) is 15.5. The Morgan fingerprint density at radius 1 is 1.11 bits per heavy atom. The first-order chi connectivity index (χ1) is 13.7. The number of nitrogens with zero attached hydrogens (tertiary/aromatic N) is 2. The van der Waals surface area contributed by atoms with Gasteiger partial charge >= 0.3 is 0 Å². The van der Waals surface area contributed by atoms with Gasteiger partial charge in [-0.25, -0.2) is 4.39 Å². The Kier molecular flexibility index (Phi) is 5.64.